The quantitative estimate of drug-likeness (QED) is 0.145. The molecule has 10 aromatic carbocycles. The van der Waals surface area contributed by atoms with Gasteiger partial charge in [0.1, 0.15) is 22.5 Å². The third-order valence-electron chi connectivity index (χ3n) is 15.4. The number of anilines is 3. The Kier molecular flexibility index (Phi) is 9.84. The molecule has 0 saturated carbocycles. The molecule has 0 unspecified atom stereocenters. The van der Waals surface area contributed by atoms with Gasteiger partial charge in [0.05, 0.1) is 22.0 Å². The number of hydrogen-bond donors (Lipinski definition) is 0. The first-order chi connectivity index (χ1) is 36.0. The maximum Gasteiger partial charge on any atom is 0.145 e. The Balaban J connectivity index is 1.04. The van der Waals surface area contributed by atoms with Gasteiger partial charge in [-0.3, -0.25) is 0 Å². The first kappa shape index (κ1) is 42.5. The summed E-state index contributed by atoms with van der Waals surface area (Å²) >= 11 is 0. The topological polar surface area (TPSA) is 34.5 Å². The average molecular weight is 937 g/mol. The number of fused-ring (bicyclic) bond motifs is 7. The van der Waals surface area contributed by atoms with E-state index in [2.05, 4.69) is 278 Å². The first-order valence-corrected chi connectivity index (χ1v) is 25.1. The second-order valence-corrected chi connectivity index (χ2v) is 19.2. The van der Waals surface area contributed by atoms with Crippen molar-refractivity contribution in [3.63, 3.8) is 0 Å². The van der Waals surface area contributed by atoms with Crippen LogP contribution in [0.5, 0.6) is 0 Å². The number of rotatable bonds is 9. The van der Waals surface area contributed by atoms with Crippen molar-refractivity contribution in [2.75, 3.05) is 4.90 Å². The van der Waals surface area contributed by atoms with Crippen molar-refractivity contribution in [2.45, 2.75) is 19.3 Å². The maximum absolute atomic E-state index is 7.35. The molecule has 346 valence electrons. The van der Waals surface area contributed by atoms with Gasteiger partial charge in [-0.2, -0.15) is 0 Å². The molecule has 3 heterocycles. The van der Waals surface area contributed by atoms with Gasteiger partial charge in [0.25, 0.3) is 0 Å². The molecular formula is C69H48N2O2. The predicted molar refractivity (Wildman–Crippen MR) is 302 cm³/mol. The van der Waals surface area contributed by atoms with Crippen LogP contribution in [0.1, 0.15) is 40.5 Å². The van der Waals surface area contributed by atoms with Crippen LogP contribution in [0.25, 0.3) is 77.3 Å². The standard InChI is InChI=1S/C69H48N2O2/c1-45-57-27-15-17-29-62(57)72-67(45)64-46(2)69(52-21-9-4-10-22-52,53-23-11-5-12-24-53)59-44-61(65-58-28-16-18-30-63(58)73-68(65)66(59)64)71(55-36-31-48(32-37-55)47-19-7-3-8-20-47)56-38-33-49(34-39-56)50-35-40-60-51(43-50)41-42-70(60)54-25-13-6-14-26-54/h3-44H,1-2H3. The van der Waals surface area contributed by atoms with Crippen molar-refractivity contribution in [1.82, 2.24) is 4.57 Å². The summed E-state index contributed by atoms with van der Waals surface area (Å²) in [6, 6.07) is 89.6. The molecule has 4 heteroatoms. The molecule has 73 heavy (non-hydrogen) atoms. The van der Waals surface area contributed by atoms with Gasteiger partial charge >= 0.3 is 0 Å². The molecule has 0 atom stereocenters. The zero-order chi connectivity index (χ0) is 48.6. The SMILES string of the molecule is CC1=C(c2oc3ccccc3c2C)c2c(cc(N(c3ccc(-c4ccccc4)cc3)c3ccc(-c4ccc5c(ccn5-c5ccccc5)c4)cc3)c3c2oc2ccccc23)C1(c1ccccc1)c1ccccc1. The molecule has 0 amide bonds. The van der Waals surface area contributed by atoms with E-state index < -0.39 is 5.41 Å². The molecule has 1 aliphatic rings. The monoisotopic (exact) mass is 936 g/mol. The van der Waals surface area contributed by atoms with Crippen LogP contribution >= 0.6 is 0 Å². The van der Waals surface area contributed by atoms with Gasteiger partial charge in [0.2, 0.25) is 0 Å². The van der Waals surface area contributed by atoms with Gasteiger partial charge in [-0.15, -0.1) is 0 Å². The van der Waals surface area contributed by atoms with Gasteiger partial charge in [-0.05, 0) is 131 Å². The normalized spacial score (nSPS) is 13.1. The Bertz CT molecular complexity index is 4200. The van der Waals surface area contributed by atoms with E-state index in [9.17, 15) is 0 Å². The summed E-state index contributed by atoms with van der Waals surface area (Å²) in [4.78, 5) is 2.44. The summed E-state index contributed by atoms with van der Waals surface area (Å²) in [6.07, 6.45) is 2.16. The van der Waals surface area contributed by atoms with Gasteiger partial charge in [0.15, 0.2) is 0 Å². The van der Waals surface area contributed by atoms with Crippen LogP contribution in [-0.2, 0) is 5.41 Å². The molecule has 1 aliphatic carbocycles. The number of benzene rings is 10. The van der Waals surface area contributed by atoms with Crippen molar-refractivity contribution < 1.29 is 8.83 Å². The van der Waals surface area contributed by atoms with Gasteiger partial charge in [-0.1, -0.05) is 176 Å². The lowest BCUT2D eigenvalue weighted by atomic mass is 9.67. The highest BCUT2D eigenvalue weighted by Gasteiger charge is 2.49. The number of aryl methyl sites for hydroxylation is 1. The Morgan fingerprint density at radius 1 is 0.452 bits per heavy atom. The van der Waals surface area contributed by atoms with Crippen molar-refractivity contribution in [3.05, 3.63) is 294 Å². The van der Waals surface area contributed by atoms with Crippen LogP contribution in [0.15, 0.2) is 269 Å². The summed E-state index contributed by atoms with van der Waals surface area (Å²) in [5, 5.41) is 4.38. The maximum atomic E-state index is 7.35. The van der Waals surface area contributed by atoms with E-state index in [-0.39, 0.29) is 0 Å². The fraction of sp³-hybridized carbons (Fsp3) is 0.0435. The van der Waals surface area contributed by atoms with E-state index in [0.717, 1.165) is 100 Å². The number of furan rings is 2. The number of para-hydroxylation sites is 3. The lowest BCUT2D eigenvalue weighted by Gasteiger charge is -2.35. The van der Waals surface area contributed by atoms with Crippen molar-refractivity contribution in [1.29, 1.82) is 0 Å². The van der Waals surface area contributed by atoms with E-state index in [4.69, 9.17) is 8.83 Å². The van der Waals surface area contributed by atoms with Gasteiger partial charge in [0, 0.05) is 56.1 Å². The van der Waals surface area contributed by atoms with Crippen LogP contribution < -0.4 is 4.90 Å². The smallest absolute Gasteiger partial charge is 0.145 e. The molecule has 0 N–H and O–H groups in total. The van der Waals surface area contributed by atoms with Crippen LogP contribution in [-0.4, -0.2) is 4.57 Å². The summed E-state index contributed by atoms with van der Waals surface area (Å²) in [5.41, 5.74) is 19.7. The van der Waals surface area contributed by atoms with E-state index in [1.54, 1.807) is 0 Å². The lowest BCUT2D eigenvalue weighted by molar-refractivity contribution is 0.596. The molecule has 0 fully saturated rings. The lowest BCUT2D eigenvalue weighted by Crippen LogP contribution is -2.29. The summed E-state index contributed by atoms with van der Waals surface area (Å²) < 4.78 is 16.6. The number of aromatic nitrogens is 1. The summed E-state index contributed by atoms with van der Waals surface area (Å²) in [7, 11) is 0. The van der Waals surface area contributed by atoms with E-state index in [1.807, 2.05) is 0 Å². The molecule has 0 spiro atoms. The largest absolute Gasteiger partial charge is 0.456 e. The minimum Gasteiger partial charge on any atom is -0.456 e. The zero-order valence-electron chi connectivity index (χ0n) is 40.5. The predicted octanol–water partition coefficient (Wildman–Crippen LogP) is 18.6. The highest BCUT2D eigenvalue weighted by Crippen LogP contribution is 2.61. The van der Waals surface area contributed by atoms with E-state index >= 15 is 0 Å². The fourth-order valence-electron chi connectivity index (χ4n) is 12.0. The average Bonchev–Trinajstić information content (AvgIpc) is 4.26. The Morgan fingerprint density at radius 3 is 1.60 bits per heavy atom. The van der Waals surface area contributed by atoms with Crippen molar-refractivity contribution >= 4 is 66.4 Å². The van der Waals surface area contributed by atoms with Crippen LogP contribution in [0.2, 0.25) is 0 Å². The molecular weight excluding hydrogens is 889 g/mol. The molecule has 0 aliphatic heterocycles. The highest BCUT2D eigenvalue weighted by molar-refractivity contribution is 6.19. The molecule has 0 saturated heterocycles. The Hall–Kier alpha value is -9.38. The van der Waals surface area contributed by atoms with E-state index in [1.165, 1.54) is 33.2 Å². The van der Waals surface area contributed by atoms with Crippen LogP contribution in [0.3, 0.4) is 0 Å². The third-order valence-corrected chi connectivity index (χ3v) is 15.4. The van der Waals surface area contributed by atoms with E-state index in [0.29, 0.717) is 0 Å². The van der Waals surface area contributed by atoms with Gasteiger partial charge in [-0.25, -0.2) is 0 Å². The minimum absolute atomic E-state index is 0.731. The molecule has 13 aromatic rings. The highest BCUT2D eigenvalue weighted by atomic mass is 16.3. The zero-order valence-corrected chi connectivity index (χ0v) is 40.5. The van der Waals surface area contributed by atoms with Crippen LogP contribution in [0, 0.1) is 6.92 Å². The van der Waals surface area contributed by atoms with Crippen molar-refractivity contribution in [3.8, 4) is 27.9 Å². The van der Waals surface area contributed by atoms with Crippen molar-refractivity contribution in [2.24, 2.45) is 0 Å². The molecule has 3 aromatic heterocycles. The van der Waals surface area contributed by atoms with Gasteiger partial charge < -0.3 is 18.3 Å². The minimum atomic E-state index is -0.731. The molecule has 14 rings (SSSR count). The molecule has 4 nitrogen and oxygen atoms in total. The fourth-order valence-corrected chi connectivity index (χ4v) is 12.0. The summed E-state index contributed by atoms with van der Waals surface area (Å²) in [5.74, 6) is 0.863. The number of nitrogens with zero attached hydrogens (tertiary/aromatic N) is 2. The Labute approximate surface area is 424 Å². The second-order valence-electron chi connectivity index (χ2n) is 19.2. The first-order valence-electron chi connectivity index (χ1n) is 25.1. The second kappa shape index (κ2) is 16.9. The number of allylic oxidation sites excluding steroid dienone is 1. The molecule has 0 bridgehead atoms. The number of hydrogen-bond acceptors (Lipinski definition) is 3. The molecule has 0 radical (unpaired) electrons. The Morgan fingerprint density at radius 2 is 0.973 bits per heavy atom. The summed E-state index contributed by atoms with van der Waals surface area (Å²) in [6.45, 7) is 4.50. The van der Waals surface area contributed by atoms with Crippen LogP contribution in [0.4, 0.5) is 17.1 Å². The third kappa shape index (κ3) is 6.61.